The SMILES string of the molecule is CCCCCCCCOCc1ccc(C(N)=S)cc1C. The molecule has 0 aliphatic carbocycles. The van der Waals surface area contributed by atoms with Gasteiger partial charge in [-0.1, -0.05) is 63.4 Å². The quantitative estimate of drug-likeness (QED) is 0.509. The smallest absolute Gasteiger partial charge is 0.103 e. The van der Waals surface area contributed by atoms with Crippen LogP contribution in [-0.2, 0) is 11.3 Å². The second-order valence-electron chi connectivity index (χ2n) is 5.33. The molecular formula is C17H27NOS. The molecule has 0 saturated carbocycles. The van der Waals surface area contributed by atoms with Crippen molar-refractivity contribution >= 4 is 17.2 Å². The highest BCUT2D eigenvalue weighted by Gasteiger charge is 2.02. The Hall–Kier alpha value is -0.930. The second kappa shape index (κ2) is 9.89. The number of nitrogens with two attached hydrogens (primary N) is 1. The Morgan fingerprint density at radius 3 is 2.50 bits per heavy atom. The second-order valence-corrected chi connectivity index (χ2v) is 5.77. The molecule has 3 heteroatoms. The molecule has 0 aromatic heterocycles. The summed E-state index contributed by atoms with van der Waals surface area (Å²) in [5.41, 5.74) is 8.96. The van der Waals surface area contributed by atoms with E-state index in [1.807, 2.05) is 12.1 Å². The fraction of sp³-hybridized carbons (Fsp3) is 0.588. The fourth-order valence-corrected chi connectivity index (χ4v) is 2.30. The van der Waals surface area contributed by atoms with Gasteiger partial charge in [0.05, 0.1) is 6.61 Å². The van der Waals surface area contributed by atoms with Crippen molar-refractivity contribution in [2.45, 2.75) is 59.0 Å². The normalized spacial score (nSPS) is 10.7. The summed E-state index contributed by atoms with van der Waals surface area (Å²) < 4.78 is 5.74. The zero-order chi connectivity index (χ0) is 14.8. The van der Waals surface area contributed by atoms with E-state index in [4.69, 9.17) is 22.7 Å². The van der Waals surface area contributed by atoms with Crippen LogP contribution in [-0.4, -0.2) is 11.6 Å². The number of thiocarbonyl (C=S) groups is 1. The number of rotatable bonds is 10. The van der Waals surface area contributed by atoms with Gasteiger partial charge < -0.3 is 10.5 Å². The summed E-state index contributed by atoms with van der Waals surface area (Å²) in [6.45, 7) is 5.85. The Bertz CT molecular complexity index is 417. The first-order valence-electron chi connectivity index (χ1n) is 7.62. The summed E-state index contributed by atoms with van der Waals surface area (Å²) in [4.78, 5) is 0.452. The topological polar surface area (TPSA) is 35.2 Å². The molecule has 0 bridgehead atoms. The van der Waals surface area contributed by atoms with Crippen molar-refractivity contribution in [1.82, 2.24) is 0 Å². The van der Waals surface area contributed by atoms with E-state index in [2.05, 4.69) is 19.9 Å². The van der Waals surface area contributed by atoms with Gasteiger partial charge in [0, 0.05) is 12.2 Å². The Kier molecular flexibility index (Phi) is 8.47. The number of aryl methyl sites for hydroxylation is 1. The zero-order valence-corrected chi connectivity index (χ0v) is 13.6. The molecule has 0 aliphatic rings. The van der Waals surface area contributed by atoms with Crippen molar-refractivity contribution in [3.05, 3.63) is 34.9 Å². The van der Waals surface area contributed by atoms with Gasteiger partial charge in [-0.15, -0.1) is 0 Å². The van der Waals surface area contributed by atoms with Crippen molar-refractivity contribution < 1.29 is 4.74 Å². The maximum Gasteiger partial charge on any atom is 0.103 e. The Morgan fingerprint density at radius 1 is 1.15 bits per heavy atom. The predicted molar refractivity (Wildman–Crippen MR) is 90.1 cm³/mol. The van der Waals surface area contributed by atoms with E-state index in [0.717, 1.165) is 18.6 Å². The minimum atomic E-state index is 0.452. The summed E-state index contributed by atoms with van der Waals surface area (Å²) in [5, 5.41) is 0. The summed E-state index contributed by atoms with van der Waals surface area (Å²) in [7, 11) is 0. The van der Waals surface area contributed by atoms with Crippen LogP contribution < -0.4 is 5.73 Å². The largest absolute Gasteiger partial charge is 0.389 e. The lowest BCUT2D eigenvalue weighted by Crippen LogP contribution is -2.10. The maximum absolute atomic E-state index is 5.74. The molecule has 0 atom stereocenters. The van der Waals surface area contributed by atoms with Gasteiger partial charge in [0.15, 0.2) is 0 Å². The van der Waals surface area contributed by atoms with Gasteiger partial charge in [-0.05, 0) is 30.5 Å². The van der Waals surface area contributed by atoms with Gasteiger partial charge in [-0.25, -0.2) is 0 Å². The monoisotopic (exact) mass is 293 g/mol. The first-order valence-corrected chi connectivity index (χ1v) is 8.03. The predicted octanol–water partition coefficient (Wildman–Crippen LogP) is 4.51. The lowest BCUT2D eigenvalue weighted by Gasteiger charge is -2.09. The number of unbranched alkanes of at least 4 members (excludes halogenated alkanes) is 5. The number of benzene rings is 1. The van der Waals surface area contributed by atoms with Crippen LogP contribution in [0, 0.1) is 6.92 Å². The summed E-state index contributed by atoms with van der Waals surface area (Å²) in [6, 6.07) is 6.07. The van der Waals surface area contributed by atoms with Gasteiger partial charge in [-0.3, -0.25) is 0 Å². The minimum absolute atomic E-state index is 0.452. The molecule has 2 nitrogen and oxygen atoms in total. The van der Waals surface area contributed by atoms with Crippen molar-refractivity contribution in [3.8, 4) is 0 Å². The maximum atomic E-state index is 5.74. The molecule has 20 heavy (non-hydrogen) atoms. The molecule has 1 aromatic carbocycles. The van der Waals surface area contributed by atoms with E-state index in [0.29, 0.717) is 11.6 Å². The van der Waals surface area contributed by atoms with Gasteiger partial charge in [0.1, 0.15) is 4.99 Å². The highest BCUT2D eigenvalue weighted by Crippen LogP contribution is 2.13. The van der Waals surface area contributed by atoms with Crippen LogP contribution in [0.5, 0.6) is 0 Å². The van der Waals surface area contributed by atoms with Crippen molar-refractivity contribution in [2.75, 3.05) is 6.61 Å². The fourth-order valence-electron chi connectivity index (χ4n) is 2.18. The number of hydrogen-bond acceptors (Lipinski definition) is 2. The third-order valence-electron chi connectivity index (χ3n) is 3.53. The highest BCUT2D eigenvalue weighted by atomic mass is 32.1. The van der Waals surface area contributed by atoms with Crippen LogP contribution >= 0.6 is 12.2 Å². The Labute approximate surface area is 128 Å². The number of hydrogen-bond donors (Lipinski definition) is 1. The lowest BCUT2D eigenvalue weighted by molar-refractivity contribution is 0.116. The molecule has 0 unspecified atom stereocenters. The molecule has 112 valence electrons. The number of ether oxygens (including phenoxy) is 1. The minimum Gasteiger partial charge on any atom is -0.389 e. The molecule has 0 radical (unpaired) electrons. The van der Waals surface area contributed by atoms with E-state index in [-0.39, 0.29) is 0 Å². The van der Waals surface area contributed by atoms with E-state index in [1.54, 1.807) is 0 Å². The van der Waals surface area contributed by atoms with Gasteiger partial charge in [0.2, 0.25) is 0 Å². The molecule has 0 amide bonds. The lowest BCUT2D eigenvalue weighted by atomic mass is 10.1. The van der Waals surface area contributed by atoms with Crippen molar-refractivity contribution in [2.24, 2.45) is 5.73 Å². The van der Waals surface area contributed by atoms with E-state index < -0.39 is 0 Å². The first-order chi connectivity index (χ1) is 9.65. The molecule has 1 aromatic rings. The zero-order valence-electron chi connectivity index (χ0n) is 12.8. The molecule has 0 saturated heterocycles. The van der Waals surface area contributed by atoms with Crippen LogP contribution in [0.1, 0.15) is 62.1 Å². The van der Waals surface area contributed by atoms with E-state index in [9.17, 15) is 0 Å². The molecule has 0 aliphatic heterocycles. The summed E-state index contributed by atoms with van der Waals surface area (Å²) in [6.07, 6.45) is 7.79. The molecule has 2 N–H and O–H groups in total. The van der Waals surface area contributed by atoms with Crippen molar-refractivity contribution in [1.29, 1.82) is 0 Å². The molecule has 0 spiro atoms. The van der Waals surface area contributed by atoms with Crippen LogP contribution in [0.2, 0.25) is 0 Å². The van der Waals surface area contributed by atoms with E-state index >= 15 is 0 Å². The average molecular weight is 293 g/mol. The Balaban J connectivity index is 2.20. The molecule has 0 fully saturated rings. The third kappa shape index (κ3) is 6.49. The highest BCUT2D eigenvalue weighted by molar-refractivity contribution is 7.80. The van der Waals surface area contributed by atoms with Gasteiger partial charge in [-0.2, -0.15) is 0 Å². The van der Waals surface area contributed by atoms with Crippen LogP contribution in [0.3, 0.4) is 0 Å². The Morgan fingerprint density at radius 2 is 1.85 bits per heavy atom. The first kappa shape index (κ1) is 17.1. The molecular weight excluding hydrogens is 266 g/mol. The van der Waals surface area contributed by atoms with Crippen molar-refractivity contribution in [3.63, 3.8) is 0 Å². The van der Waals surface area contributed by atoms with Crippen LogP contribution in [0.25, 0.3) is 0 Å². The van der Waals surface area contributed by atoms with E-state index in [1.165, 1.54) is 43.2 Å². The van der Waals surface area contributed by atoms with Crippen LogP contribution in [0.15, 0.2) is 18.2 Å². The average Bonchev–Trinajstić information content (AvgIpc) is 2.43. The van der Waals surface area contributed by atoms with Gasteiger partial charge in [0.25, 0.3) is 0 Å². The molecule has 1 rings (SSSR count). The summed E-state index contributed by atoms with van der Waals surface area (Å²) in [5.74, 6) is 0. The summed E-state index contributed by atoms with van der Waals surface area (Å²) >= 11 is 4.98. The van der Waals surface area contributed by atoms with Gasteiger partial charge >= 0.3 is 0 Å². The molecule has 0 heterocycles. The standard InChI is InChI=1S/C17H27NOS/c1-3-4-5-6-7-8-11-19-13-16-10-9-15(17(18)20)12-14(16)2/h9-10,12H,3-8,11,13H2,1-2H3,(H2,18,20). The third-order valence-corrected chi connectivity index (χ3v) is 3.76. The van der Waals surface area contributed by atoms with Crippen LogP contribution in [0.4, 0.5) is 0 Å².